The number of hydrogen-bond acceptors (Lipinski definition) is 4. The fourth-order valence-electron chi connectivity index (χ4n) is 7.68. The summed E-state index contributed by atoms with van der Waals surface area (Å²) in [5, 5.41) is 2.40. The summed E-state index contributed by atoms with van der Waals surface area (Å²) in [7, 11) is 0. The Labute approximate surface area is 316 Å². The number of fused-ring (bicyclic) bond motifs is 3. The molecule has 3 heterocycles. The fourth-order valence-corrected chi connectivity index (χ4v) is 7.68. The maximum Gasteiger partial charge on any atom is 0.216 e. The number of nitrogens with zero attached hydrogens (tertiary/aromatic N) is 3. The van der Waals surface area contributed by atoms with Gasteiger partial charge in [0.05, 0.1) is 16.7 Å². The summed E-state index contributed by atoms with van der Waals surface area (Å²) in [5.74, 6) is 2.52. The van der Waals surface area contributed by atoms with Gasteiger partial charge in [0.25, 0.3) is 0 Å². The molecule has 0 aliphatic carbocycles. The van der Waals surface area contributed by atoms with E-state index in [9.17, 15) is 0 Å². The lowest BCUT2D eigenvalue weighted by Crippen LogP contribution is -2.30. The summed E-state index contributed by atoms with van der Waals surface area (Å²) in [6.45, 7) is 29.4. The minimum Gasteiger partial charge on any atom is -0.475 e. The van der Waals surface area contributed by atoms with E-state index >= 15 is 0 Å². The first-order valence-corrected chi connectivity index (χ1v) is 19.0. The highest BCUT2D eigenvalue weighted by molar-refractivity contribution is 6.09. The van der Waals surface area contributed by atoms with E-state index in [1.165, 1.54) is 49.7 Å². The molecule has 0 fully saturated rings. The predicted octanol–water partition coefficient (Wildman–Crippen LogP) is 12.7. The first-order valence-electron chi connectivity index (χ1n) is 19.0. The first-order chi connectivity index (χ1) is 24.8. The van der Waals surface area contributed by atoms with Crippen LogP contribution in [0.5, 0.6) is 11.5 Å². The third kappa shape index (κ3) is 6.75. The highest BCUT2D eigenvalue weighted by atomic mass is 16.5. The van der Waals surface area contributed by atoms with Crippen LogP contribution in [-0.2, 0) is 15.6 Å². The third-order valence-corrected chi connectivity index (χ3v) is 11.2. The van der Waals surface area contributed by atoms with Crippen LogP contribution in [0.25, 0.3) is 38.8 Å². The van der Waals surface area contributed by atoms with Crippen LogP contribution in [0.3, 0.4) is 0 Å². The van der Waals surface area contributed by atoms with Crippen molar-refractivity contribution in [1.82, 2.24) is 9.55 Å². The Bertz CT molecular complexity index is 2410. The van der Waals surface area contributed by atoms with Crippen LogP contribution >= 0.6 is 0 Å². The molecule has 2 aromatic heterocycles. The first kappa shape index (κ1) is 36.5. The Morgan fingerprint density at radius 1 is 0.736 bits per heavy atom. The molecule has 1 aliphatic rings. The van der Waals surface area contributed by atoms with Crippen LogP contribution in [0, 0.1) is 33.6 Å². The second-order valence-corrected chi connectivity index (χ2v) is 17.9. The summed E-state index contributed by atoms with van der Waals surface area (Å²) in [5.41, 5.74) is 13.3. The van der Waals surface area contributed by atoms with Crippen molar-refractivity contribution in [2.24, 2.45) is 10.9 Å². The smallest absolute Gasteiger partial charge is 0.216 e. The number of aliphatic imine (C=N–C) groups is 1. The van der Waals surface area contributed by atoms with Crippen LogP contribution in [0.4, 0.5) is 0 Å². The zero-order valence-electron chi connectivity index (χ0n) is 33.9. The molecule has 0 amide bonds. The van der Waals surface area contributed by atoms with Gasteiger partial charge < -0.3 is 9.47 Å². The summed E-state index contributed by atoms with van der Waals surface area (Å²) < 4.78 is 15.6. The fraction of sp³-hybridized carbons (Fsp3) is 0.375. The van der Waals surface area contributed by atoms with Gasteiger partial charge in [-0.05, 0) is 139 Å². The minimum atomic E-state index is -0.277. The third-order valence-electron chi connectivity index (χ3n) is 11.2. The number of aryl methyl sites for hydroxylation is 4. The number of ether oxygens (including phenoxy) is 2. The van der Waals surface area contributed by atoms with E-state index in [1.807, 2.05) is 6.20 Å². The molecule has 6 aromatic rings. The average molecular weight is 706 g/mol. The van der Waals surface area contributed by atoms with E-state index in [0.717, 1.165) is 39.5 Å². The number of benzene rings is 4. The van der Waals surface area contributed by atoms with Gasteiger partial charge in [0, 0.05) is 28.6 Å². The molecule has 1 atom stereocenters. The van der Waals surface area contributed by atoms with E-state index in [-0.39, 0.29) is 16.4 Å². The van der Waals surface area contributed by atoms with Crippen LogP contribution in [0.15, 0.2) is 84.0 Å². The van der Waals surface area contributed by atoms with Gasteiger partial charge in [-0.3, -0.25) is 4.57 Å². The van der Waals surface area contributed by atoms with Gasteiger partial charge in [0.1, 0.15) is 23.8 Å². The monoisotopic (exact) mass is 705 g/mol. The molecule has 5 heteroatoms. The van der Waals surface area contributed by atoms with Crippen molar-refractivity contribution in [2.75, 3.05) is 6.61 Å². The van der Waals surface area contributed by atoms with Crippen molar-refractivity contribution >= 4 is 27.8 Å². The lowest BCUT2D eigenvalue weighted by Gasteiger charge is -2.22. The molecule has 7 rings (SSSR count). The van der Waals surface area contributed by atoms with Gasteiger partial charge in [0.2, 0.25) is 5.90 Å². The van der Waals surface area contributed by atoms with E-state index in [4.69, 9.17) is 19.5 Å². The van der Waals surface area contributed by atoms with Crippen molar-refractivity contribution in [1.29, 1.82) is 0 Å². The zero-order chi connectivity index (χ0) is 38.2. The molecule has 274 valence electrons. The molecular weight excluding hydrogens is 651 g/mol. The molecule has 0 saturated carbocycles. The lowest BCUT2D eigenvalue weighted by atomic mass is 9.86. The van der Waals surface area contributed by atoms with Crippen molar-refractivity contribution in [3.63, 3.8) is 0 Å². The van der Waals surface area contributed by atoms with E-state index < -0.39 is 0 Å². The molecule has 1 aliphatic heterocycles. The van der Waals surface area contributed by atoms with Crippen LogP contribution in [0.1, 0.15) is 101 Å². The normalized spacial score (nSPS) is 16.5. The van der Waals surface area contributed by atoms with Crippen LogP contribution < -0.4 is 4.74 Å². The second kappa shape index (κ2) is 12.9. The number of pyridine rings is 1. The standard InChI is InChI=1S/C48H55N3O2/c1-28(2)48(13)27-52-45(50-48)34-20-33(42-31(5)18-29(3)19-32(42)6)21-38(22-34)53-39-24-36(47(10,11)12)23-37(26-39)51-41-15-14-35(46(7,8)9)25-40(41)43-30(4)16-17-49-44(43)51/h14-26,28H,27H2,1-13H3/t48-/m0/s1. The highest BCUT2D eigenvalue weighted by Gasteiger charge is 2.35. The highest BCUT2D eigenvalue weighted by Crippen LogP contribution is 2.40. The van der Waals surface area contributed by atoms with Gasteiger partial charge in [0.15, 0.2) is 0 Å². The summed E-state index contributed by atoms with van der Waals surface area (Å²) in [6, 6.07) is 26.6. The molecule has 0 saturated heterocycles. The minimum absolute atomic E-state index is 0.0253. The Morgan fingerprint density at radius 3 is 2.04 bits per heavy atom. The Hall–Kier alpha value is -4.90. The molecule has 0 unspecified atom stereocenters. The summed E-state index contributed by atoms with van der Waals surface area (Å²) >= 11 is 0. The SMILES string of the molecule is Cc1cc(C)c(-c2cc(Oc3cc(-n4c5ccc(C(C)(C)C)cc5c5c(C)ccnc54)cc(C(C)(C)C)c3)cc(C3=N[C@](C)(C(C)C)CO3)c2)c(C)c1. The van der Waals surface area contributed by atoms with Crippen molar-refractivity contribution in [2.45, 2.75) is 106 Å². The Kier molecular flexibility index (Phi) is 8.87. The summed E-state index contributed by atoms with van der Waals surface area (Å²) in [4.78, 5) is 10.1. The second-order valence-electron chi connectivity index (χ2n) is 17.9. The van der Waals surface area contributed by atoms with Crippen molar-refractivity contribution in [3.05, 3.63) is 118 Å². The average Bonchev–Trinajstić information content (AvgIpc) is 3.63. The molecule has 0 N–H and O–H groups in total. The topological polar surface area (TPSA) is 48.6 Å². The largest absolute Gasteiger partial charge is 0.475 e. The van der Waals surface area contributed by atoms with E-state index in [0.29, 0.717) is 18.4 Å². The number of hydrogen-bond donors (Lipinski definition) is 0. The molecule has 4 aromatic carbocycles. The van der Waals surface area contributed by atoms with Gasteiger partial charge in [-0.15, -0.1) is 0 Å². The quantitative estimate of drug-likeness (QED) is 0.173. The summed E-state index contributed by atoms with van der Waals surface area (Å²) in [6.07, 6.45) is 1.92. The molecular formula is C48H55N3O2. The van der Waals surface area contributed by atoms with Gasteiger partial charge in [-0.2, -0.15) is 0 Å². The predicted molar refractivity (Wildman–Crippen MR) is 223 cm³/mol. The number of aromatic nitrogens is 2. The van der Waals surface area contributed by atoms with Crippen LogP contribution in [0.2, 0.25) is 0 Å². The molecule has 0 spiro atoms. The van der Waals surface area contributed by atoms with E-state index in [1.54, 1.807) is 0 Å². The van der Waals surface area contributed by atoms with Crippen molar-refractivity contribution < 1.29 is 9.47 Å². The number of rotatable bonds is 6. The Morgan fingerprint density at radius 2 is 1.40 bits per heavy atom. The lowest BCUT2D eigenvalue weighted by molar-refractivity contribution is 0.224. The van der Waals surface area contributed by atoms with Crippen LogP contribution in [-0.4, -0.2) is 27.6 Å². The van der Waals surface area contributed by atoms with Crippen molar-refractivity contribution in [3.8, 4) is 28.3 Å². The van der Waals surface area contributed by atoms with E-state index in [2.05, 4.69) is 167 Å². The molecule has 5 nitrogen and oxygen atoms in total. The maximum atomic E-state index is 6.99. The molecule has 0 bridgehead atoms. The van der Waals surface area contributed by atoms with Gasteiger partial charge in [-0.1, -0.05) is 79.2 Å². The molecule has 0 radical (unpaired) electrons. The maximum absolute atomic E-state index is 6.99. The zero-order valence-corrected chi connectivity index (χ0v) is 33.9. The Balaban J connectivity index is 1.43. The van der Waals surface area contributed by atoms with Gasteiger partial charge >= 0.3 is 0 Å². The van der Waals surface area contributed by atoms with Gasteiger partial charge in [-0.25, -0.2) is 9.98 Å². The molecule has 53 heavy (non-hydrogen) atoms.